The summed E-state index contributed by atoms with van der Waals surface area (Å²) in [6, 6.07) is 15.2. The summed E-state index contributed by atoms with van der Waals surface area (Å²) in [7, 11) is -3.56. The van der Waals surface area contributed by atoms with E-state index in [1.165, 1.54) is 25.6 Å². The van der Waals surface area contributed by atoms with Crippen LogP contribution in [0.5, 0.6) is 11.5 Å². The molecule has 0 radical (unpaired) electrons. The zero-order valence-electron chi connectivity index (χ0n) is 21.4. The number of sulfone groups is 1. The minimum Gasteiger partial charge on any atom is -0.456 e. The molecule has 5 rings (SSSR count). The second kappa shape index (κ2) is 10.5. The average Bonchev–Trinajstić information content (AvgIpc) is 3.52. The summed E-state index contributed by atoms with van der Waals surface area (Å²) in [5.74, 6) is 1.24. The van der Waals surface area contributed by atoms with Crippen LogP contribution in [0.2, 0.25) is 5.02 Å². The molecule has 2 N–H and O–H groups in total. The Morgan fingerprint density at radius 1 is 1.13 bits per heavy atom. The summed E-state index contributed by atoms with van der Waals surface area (Å²) >= 11 is 8.20. The van der Waals surface area contributed by atoms with Crippen molar-refractivity contribution in [1.82, 2.24) is 19.9 Å². The van der Waals surface area contributed by atoms with E-state index in [4.69, 9.17) is 16.3 Å². The molecular formula is C27H26ClN5O4S2. The molecule has 0 saturated heterocycles. The molecule has 9 nitrogen and oxygen atoms in total. The predicted molar refractivity (Wildman–Crippen MR) is 156 cm³/mol. The summed E-state index contributed by atoms with van der Waals surface area (Å²) in [5, 5.41) is 9.64. The molecule has 3 heterocycles. The van der Waals surface area contributed by atoms with Crippen molar-refractivity contribution in [2.45, 2.75) is 25.1 Å². The van der Waals surface area contributed by atoms with Crippen LogP contribution in [0, 0.1) is 0 Å². The maximum atomic E-state index is 12.5. The Kier molecular flexibility index (Phi) is 7.23. The highest BCUT2D eigenvalue weighted by Crippen LogP contribution is 2.35. The van der Waals surface area contributed by atoms with Gasteiger partial charge in [0.05, 0.1) is 10.5 Å². The van der Waals surface area contributed by atoms with E-state index in [9.17, 15) is 13.2 Å². The Labute approximate surface area is 234 Å². The summed E-state index contributed by atoms with van der Waals surface area (Å²) in [6.45, 7) is 3.40. The SMILES string of the molecule is CC(C)(C(=O)NCCn1ccc2ncnc(Nc3ccc(Oc4ccc5ccsc5c4)c(Cl)c3)c21)S(C)(=O)=O. The van der Waals surface area contributed by atoms with Gasteiger partial charge in [0.25, 0.3) is 0 Å². The normalized spacial score (nSPS) is 12.1. The maximum absolute atomic E-state index is 12.5. The predicted octanol–water partition coefficient (Wildman–Crippen LogP) is 5.77. The molecule has 5 aromatic rings. The number of carbonyl (C=O) groups is 1. The molecule has 0 aliphatic rings. The van der Waals surface area contributed by atoms with E-state index in [2.05, 4.69) is 26.7 Å². The monoisotopic (exact) mass is 583 g/mol. The van der Waals surface area contributed by atoms with Gasteiger partial charge in [-0.25, -0.2) is 18.4 Å². The number of halogens is 1. The highest BCUT2D eigenvalue weighted by molar-refractivity contribution is 7.92. The molecule has 3 aromatic heterocycles. The number of thiophene rings is 1. The van der Waals surface area contributed by atoms with Crippen LogP contribution in [0.4, 0.5) is 11.5 Å². The first-order chi connectivity index (χ1) is 18.5. The lowest BCUT2D eigenvalue weighted by Gasteiger charge is -2.21. The van der Waals surface area contributed by atoms with Crippen LogP contribution in [0.3, 0.4) is 0 Å². The number of hydrogen-bond donors (Lipinski definition) is 2. The third-order valence-corrected chi connectivity index (χ3v) is 9.73. The van der Waals surface area contributed by atoms with Crippen molar-refractivity contribution in [3.05, 3.63) is 71.5 Å². The first-order valence-corrected chi connectivity index (χ1v) is 15.2. The van der Waals surface area contributed by atoms with Gasteiger partial charge < -0.3 is 19.9 Å². The maximum Gasteiger partial charge on any atom is 0.240 e. The molecule has 0 spiro atoms. The Morgan fingerprint density at radius 2 is 1.95 bits per heavy atom. The number of anilines is 2. The third-order valence-electron chi connectivity index (χ3n) is 6.51. The standard InChI is InChI=1S/C27H26ClN5O4S2/c1-27(2,39(3,35)36)26(34)29-10-12-33-11-8-21-24(33)25(31-16-30-21)32-18-5-7-22(20(28)14-18)37-19-6-4-17-9-13-38-23(17)15-19/h4-9,11,13-16H,10,12H2,1-3H3,(H,29,34)(H,30,31,32). The summed E-state index contributed by atoms with van der Waals surface area (Å²) in [5.41, 5.74) is 2.15. The number of hydrogen-bond acceptors (Lipinski definition) is 8. The molecule has 0 atom stereocenters. The van der Waals surface area contributed by atoms with Crippen LogP contribution < -0.4 is 15.4 Å². The topological polar surface area (TPSA) is 115 Å². The first-order valence-electron chi connectivity index (χ1n) is 12.0. The van der Waals surface area contributed by atoms with Crippen LogP contribution >= 0.6 is 22.9 Å². The van der Waals surface area contributed by atoms with Crippen LogP contribution in [0.15, 0.2) is 66.4 Å². The average molecular weight is 584 g/mol. The molecule has 1 amide bonds. The van der Waals surface area contributed by atoms with Gasteiger partial charge >= 0.3 is 0 Å². The van der Waals surface area contributed by atoms with Crippen LogP contribution in [-0.2, 0) is 21.2 Å². The van der Waals surface area contributed by atoms with Gasteiger partial charge in [-0.2, -0.15) is 0 Å². The molecule has 0 saturated carbocycles. The van der Waals surface area contributed by atoms with Crippen molar-refractivity contribution in [2.75, 3.05) is 18.1 Å². The number of carbonyl (C=O) groups excluding carboxylic acids is 1. The zero-order chi connectivity index (χ0) is 27.8. The number of ether oxygens (including phenoxy) is 1. The van der Waals surface area contributed by atoms with Gasteiger partial charge in [-0.1, -0.05) is 11.6 Å². The van der Waals surface area contributed by atoms with E-state index >= 15 is 0 Å². The molecule has 0 bridgehead atoms. The lowest BCUT2D eigenvalue weighted by Crippen LogP contribution is -2.48. The largest absolute Gasteiger partial charge is 0.456 e. The van der Waals surface area contributed by atoms with Gasteiger partial charge in [-0.05, 0) is 73.1 Å². The molecular weight excluding hydrogens is 558 g/mol. The van der Waals surface area contributed by atoms with Crippen LogP contribution in [0.1, 0.15) is 13.8 Å². The Hall–Kier alpha value is -3.67. The minimum atomic E-state index is -3.56. The Balaban J connectivity index is 1.31. The molecule has 2 aromatic carbocycles. The number of rotatable bonds is 9. The molecule has 202 valence electrons. The summed E-state index contributed by atoms with van der Waals surface area (Å²) in [6.07, 6.45) is 4.36. The highest BCUT2D eigenvalue weighted by atomic mass is 35.5. The summed E-state index contributed by atoms with van der Waals surface area (Å²) in [4.78, 5) is 21.2. The fourth-order valence-electron chi connectivity index (χ4n) is 3.91. The quantitative estimate of drug-likeness (QED) is 0.226. The van der Waals surface area contributed by atoms with Gasteiger partial charge in [-0.3, -0.25) is 4.79 Å². The molecule has 0 unspecified atom stereocenters. The zero-order valence-corrected chi connectivity index (χ0v) is 23.8. The molecule has 39 heavy (non-hydrogen) atoms. The number of fused-ring (bicyclic) bond motifs is 2. The molecule has 0 aliphatic carbocycles. The number of amides is 1. The smallest absolute Gasteiger partial charge is 0.240 e. The molecule has 0 aliphatic heterocycles. The van der Waals surface area contributed by atoms with Crippen molar-refractivity contribution in [2.24, 2.45) is 0 Å². The second-order valence-electron chi connectivity index (χ2n) is 9.50. The highest BCUT2D eigenvalue weighted by Gasteiger charge is 2.38. The number of nitrogens with zero attached hydrogens (tertiary/aromatic N) is 3. The van der Waals surface area contributed by atoms with E-state index in [0.29, 0.717) is 40.1 Å². The fraction of sp³-hybridized carbons (Fsp3) is 0.222. The van der Waals surface area contributed by atoms with E-state index in [0.717, 1.165) is 16.5 Å². The lowest BCUT2D eigenvalue weighted by atomic mass is 10.2. The third kappa shape index (κ3) is 5.56. The number of benzene rings is 2. The minimum absolute atomic E-state index is 0.227. The van der Waals surface area contributed by atoms with Gasteiger partial charge in [0.15, 0.2) is 15.7 Å². The van der Waals surface area contributed by atoms with Crippen molar-refractivity contribution >= 4 is 71.3 Å². The van der Waals surface area contributed by atoms with Gasteiger partial charge in [0, 0.05) is 35.9 Å². The van der Waals surface area contributed by atoms with E-state index in [1.54, 1.807) is 23.5 Å². The van der Waals surface area contributed by atoms with E-state index in [1.807, 2.05) is 46.5 Å². The van der Waals surface area contributed by atoms with Gasteiger partial charge in [-0.15, -0.1) is 11.3 Å². The first kappa shape index (κ1) is 26.9. The van der Waals surface area contributed by atoms with Crippen molar-refractivity contribution in [1.29, 1.82) is 0 Å². The molecule has 12 heteroatoms. The summed E-state index contributed by atoms with van der Waals surface area (Å²) < 4.78 is 31.4. The van der Waals surface area contributed by atoms with Crippen molar-refractivity contribution < 1.29 is 17.9 Å². The van der Waals surface area contributed by atoms with Gasteiger partial charge in [0.2, 0.25) is 5.91 Å². The van der Waals surface area contributed by atoms with Crippen molar-refractivity contribution in [3.63, 3.8) is 0 Å². The Morgan fingerprint density at radius 3 is 2.72 bits per heavy atom. The second-order valence-corrected chi connectivity index (χ2v) is 13.4. The van der Waals surface area contributed by atoms with Crippen molar-refractivity contribution in [3.8, 4) is 11.5 Å². The van der Waals surface area contributed by atoms with Crippen LogP contribution in [-0.4, -0.2) is 46.4 Å². The Bertz CT molecular complexity index is 1800. The number of aromatic nitrogens is 3. The molecule has 0 fully saturated rings. The lowest BCUT2D eigenvalue weighted by molar-refractivity contribution is -0.122. The van der Waals surface area contributed by atoms with Gasteiger partial charge in [0.1, 0.15) is 28.1 Å². The van der Waals surface area contributed by atoms with E-state index < -0.39 is 20.5 Å². The van der Waals surface area contributed by atoms with E-state index in [-0.39, 0.29) is 6.54 Å². The fourth-order valence-corrected chi connectivity index (χ4v) is 5.35. The van der Waals surface area contributed by atoms with Crippen LogP contribution in [0.25, 0.3) is 21.1 Å². The number of nitrogens with one attached hydrogen (secondary N) is 2.